The number of benzene rings is 1. The fourth-order valence-corrected chi connectivity index (χ4v) is 4.32. The third kappa shape index (κ3) is 2.50. The zero-order chi connectivity index (χ0) is 17.6. The summed E-state index contributed by atoms with van der Waals surface area (Å²) in [7, 11) is 0. The number of carboxylic acid groups (broad SMARTS) is 1. The summed E-state index contributed by atoms with van der Waals surface area (Å²) >= 11 is 0. The van der Waals surface area contributed by atoms with Crippen LogP contribution in [0.1, 0.15) is 24.3 Å². The number of anilines is 1. The number of para-hydroxylation sites is 1. The number of ether oxygens (including phenoxy) is 1. The van der Waals surface area contributed by atoms with Gasteiger partial charge in [0, 0.05) is 37.7 Å². The summed E-state index contributed by atoms with van der Waals surface area (Å²) in [6.07, 6.45) is 0.506. The molecule has 1 aromatic rings. The third-order valence-corrected chi connectivity index (χ3v) is 5.74. The van der Waals surface area contributed by atoms with E-state index in [0.717, 1.165) is 5.56 Å². The minimum Gasteiger partial charge on any atom is -0.481 e. The Labute approximate surface area is 144 Å². The van der Waals surface area contributed by atoms with Gasteiger partial charge in [0.25, 0.3) is 0 Å². The molecule has 2 fully saturated rings. The molecule has 7 nitrogen and oxygen atoms in total. The minimum atomic E-state index is -0.926. The topological polar surface area (TPSA) is 95.9 Å². The van der Waals surface area contributed by atoms with Crippen molar-refractivity contribution < 1.29 is 24.2 Å². The molecule has 0 spiro atoms. The number of carboxylic acids is 1. The van der Waals surface area contributed by atoms with Crippen LogP contribution >= 0.6 is 0 Å². The summed E-state index contributed by atoms with van der Waals surface area (Å²) in [5.74, 6) is -1.98. The number of hydrogen-bond acceptors (Lipinski definition) is 4. The van der Waals surface area contributed by atoms with E-state index in [1.54, 1.807) is 11.0 Å². The van der Waals surface area contributed by atoms with Gasteiger partial charge < -0.3 is 20.1 Å². The van der Waals surface area contributed by atoms with Gasteiger partial charge in [0.15, 0.2) is 0 Å². The molecule has 0 bridgehead atoms. The van der Waals surface area contributed by atoms with Crippen LogP contribution in [0.25, 0.3) is 0 Å². The van der Waals surface area contributed by atoms with E-state index in [0.29, 0.717) is 31.9 Å². The normalized spacial score (nSPS) is 31.0. The smallest absolute Gasteiger partial charge is 0.311 e. The van der Waals surface area contributed by atoms with Crippen molar-refractivity contribution in [3.05, 3.63) is 29.8 Å². The Bertz CT molecular complexity index is 749. The van der Waals surface area contributed by atoms with Crippen molar-refractivity contribution in [2.24, 2.45) is 11.3 Å². The monoisotopic (exact) mass is 344 g/mol. The summed E-state index contributed by atoms with van der Waals surface area (Å²) in [5.41, 5.74) is 0.525. The molecule has 2 saturated heterocycles. The van der Waals surface area contributed by atoms with E-state index in [4.69, 9.17) is 4.74 Å². The molecule has 3 aliphatic heterocycles. The van der Waals surface area contributed by atoms with E-state index in [9.17, 15) is 19.5 Å². The average molecular weight is 344 g/mol. The number of carbonyl (C=O) groups is 3. The van der Waals surface area contributed by atoms with E-state index in [1.807, 2.05) is 18.2 Å². The SMILES string of the molecule is O=C1CC(C(=O)N2C[C@H]3COCC[C@@]3(C(=O)O)C2)c2ccccc2N1. The molecule has 0 radical (unpaired) electrons. The average Bonchev–Trinajstić information content (AvgIpc) is 3.01. The first kappa shape index (κ1) is 16.1. The standard InChI is InChI=1S/C18H20N2O5/c21-15-7-13(12-3-1-2-4-14(12)19-15)16(22)20-8-11-9-25-6-5-18(11,10-20)17(23)24/h1-4,11,13H,5-10H2,(H,19,21)(H,23,24)/t11-,13?,18+/m0/s1. The van der Waals surface area contributed by atoms with Crippen LogP contribution in [0.3, 0.4) is 0 Å². The molecule has 4 rings (SSSR count). The van der Waals surface area contributed by atoms with Crippen LogP contribution in [0.2, 0.25) is 0 Å². The van der Waals surface area contributed by atoms with E-state index in [1.165, 1.54) is 0 Å². The molecule has 0 aliphatic carbocycles. The van der Waals surface area contributed by atoms with Gasteiger partial charge in [-0.3, -0.25) is 14.4 Å². The Kier molecular flexibility index (Phi) is 3.76. The molecule has 3 aliphatic rings. The lowest BCUT2D eigenvalue weighted by Crippen LogP contribution is -2.45. The first-order valence-electron chi connectivity index (χ1n) is 8.50. The van der Waals surface area contributed by atoms with Crippen LogP contribution in [-0.2, 0) is 19.1 Å². The number of nitrogens with zero attached hydrogens (tertiary/aromatic N) is 1. The van der Waals surface area contributed by atoms with Crippen molar-refractivity contribution in [3.63, 3.8) is 0 Å². The first-order valence-corrected chi connectivity index (χ1v) is 8.50. The van der Waals surface area contributed by atoms with Crippen LogP contribution in [0.15, 0.2) is 24.3 Å². The second kappa shape index (κ2) is 5.84. The van der Waals surface area contributed by atoms with Gasteiger partial charge >= 0.3 is 5.97 Å². The highest BCUT2D eigenvalue weighted by Gasteiger charge is 2.55. The molecular formula is C18H20N2O5. The third-order valence-electron chi connectivity index (χ3n) is 5.74. The molecule has 132 valence electrons. The van der Waals surface area contributed by atoms with E-state index in [2.05, 4.69) is 5.32 Å². The van der Waals surface area contributed by atoms with Crippen LogP contribution in [0.5, 0.6) is 0 Å². The maximum atomic E-state index is 13.1. The number of hydrogen-bond donors (Lipinski definition) is 2. The molecule has 2 N–H and O–H groups in total. The maximum absolute atomic E-state index is 13.1. The Morgan fingerprint density at radius 2 is 2.12 bits per heavy atom. The number of nitrogens with one attached hydrogen (secondary N) is 1. The van der Waals surface area contributed by atoms with Crippen LogP contribution in [-0.4, -0.2) is 54.1 Å². The number of carbonyl (C=O) groups excluding carboxylic acids is 2. The lowest BCUT2D eigenvalue weighted by molar-refractivity contribution is -0.157. The molecular weight excluding hydrogens is 324 g/mol. The number of likely N-dealkylation sites (tertiary alicyclic amines) is 1. The van der Waals surface area contributed by atoms with Gasteiger partial charge in [0.05, 0.1) is 17.9 Å². The van der Waals surface area contributed by atoms with Gasteiger partial charge in [-0.05, 0) is 18.1 Å². The highest BCUT2D eigenvalue weighted by molar-refractivity contribution is 6.01. The predicted octanol–water partition coefficient (Wildman–Crippen LogP) is 1.06. The number of aliphatic carboxylic acids is 1. The Morgan fingerprint density at radius 3 is 2.88 bits per heavy atom. The molecule has 3 heterocycles. The van der Waals surface area contributed by atoms with E-state index < -0.39 is 17.3 Å². The lowest BCUT2D eigenvalue weighted by atomic mass is 9.74. The maximum Gasteiger partial charge on any atom is 0.311 e. The van der Waals surface area contributed by atoms with Gasteiger partial charge in [0.2, 0.25) is 11.8 Å². The Hall–Kier alpha value is -2.41. The second-order valence-electron chi connectivity index (χ2n) is 7.09. The molecule has 25 heavy (non-hydrogen) atoms. The van der Waals surface area contributed by atoms with Crippen molar-refractivity contribution in [3.8, 4) is 0 Å². The van der Waals surface area contributed by atoms with Crippen molar-refractivity contribution in [1.29, 1.82) is 0 Å². The van der Waals surface area contributed by atoms with Crippen molar-refractivity contribution in [1.82, 2.24) is 4.90 Å². The molecule has 0 aromatic heterocycles. The molecule has 3 atom stereocenters. The molecule has 1 aromatic carbocycles. The number of rotatable bonds is 2. The number of fused-ring (bicyclic) bond motifs is 2. The first-order chi connectivity index (χ1) is 12.0. The Morgan fingerprint density at radius 1 is 1.32 bits per heavy atom. The fourth-order valence-electron chi connectivity index (χ4n) is 4.32. The second-order valence-corrected chi connectivity index (χ2v) is 7.09. The molecule has 2 amide bonds. The van der Waals surface area contributed by atoms with Gasteiger partial charge in [-0.2, -0.15) is 0 Å². The van der Waals surface area contributed by atoms with Crippen LogP contribution in [0, 0.1) is 11.3 Å². The largest absolute Gasteiger partial charge is 0.481 e. The van der Waals surface area contributed by atoms with Crippen molar-refractivity contribution in [2.45, 2.75) is 18.8 Å². The predicted molar refractivity (Wildman–Crippen MR) is 88.0 cm³/mol. The van der Waals surface area contributed by atoms with Gasteiger partial charge in [-0.1, -0.05) is 18.2 Å². The fraction of sp³-hybridized carbons (Fsp3) is 0.500. The lowest BCUT2D eigenvalue weighted by Gasteiger charge is -2.34. The highest BCUT2D eigenvalue weighted by Crippen LogP contribution is 2.44. The quantitative estimate of drug-likeness (QED) is 0.836. The zero-order valence-corrected chi connectivity index (χ0v) is 13.7. The molecule has 1 unspecified atom stereocenters. The summed E-state index contributed by atoms with van der Waals surface area (Å²) in [4.78, 5) is 38.6. The Balaban J connectivity index is 1.62. The van der Waals surface area contributed by atoms with Crippen molar-refractivity contribution >= 4 is 23.5 Å². The van der Waals surface area contributed by atoms with E-state index >= 15 is 0 Å². The van der Waals surface area contributed by atoms with E-state index in [-0.39, 0.29) is 30.7 Å². The highest BCUT2D eigenvalue weighted by atomic mass is 16.5. The van der Waals surface area contributed by atoms with Crippen LogP contribution < -0.4 is 5.32 Å². The van der Waals surface area contributed by atoms with Crippen molar-refractivity contribution in [2.75, 3.05) is 31.6 Å². The summed E-state index contributed by atoms with van der Waals surface area (Å²) < 4.78 is 5.44. The summed E-state index contributed by atoms with van der Waals surface area (Å²) in [5, 5.41) is 12.5. The number of amides is 2. The molecule has 0 saturated carbocycles. The summed E-state index contributed by atoms with van der Waals surface area (Å²) in [6.45, 7) is 1.32. The molecule has 7 heteroatoms. The zero-order valence-electron chi connectivity index (χ0n) is 13.7. The summed E-state index contributed by atoms with van der Waals surface area (Å²) in [6, 6.07) is 7.28. The van der Waals surface area contributed by atoms with Gasteiger partial charge in [-0.15, -0.1) is 0 Å². The van der Waals surface area contributed by atoms with Gasteiger partial charge in [0.1, 0.15) is 0 Å². The van der Waals surface area contributed by atoms with Crippen LogP contribution in [0.4, 0.5) is 5.69 Å². The van der Waals surface area contributed by atoms with Gasteiger partial charge in [-0.25, -0.2) is 0 Å². The minimum absolute atomic E-state index is 0.0909.